The molecule has 1 amide bonds. The zero-order valence-electron chi connectivity index (χ0n) is 13.3. The third kappa shape index (κ3) is 8.16. The first-order valence-electron chi connectivity index (χ1n) is 6.96. The predicted molar refractivity (Wildman–Crippen MR) is 75.9 cm³/mol. The number of carboxylic acids is 1. The van der Waals surface area contributed by atoms with Gasteiger partial charge < -0.3 is 14.6 Å². The van der Waals surface area contributed by atoms with Gasteiger partial charge in [0.1, 0.15) is 11.6 Å². The minimum atomic E-state index is -0.956. The molecule has 0 saturated heterocycles. The van der Waals surface area contributed by atoms with Gasteiger partial charge in [0.15, 0.2) is 0 Å². The zero-order chi connectivity index (χ0) is 16.6. The van der Waals surface area contributed by atoms with Crippen LogP contribution in [0.15, 0.2) is 0 Å². The lowest BCUT2D eigenvalue weighted by molar-refractivity contribution is -0.148. The number of carboxylic acid groups (broad SMARTS) is 1. The number of aliphatic carboxylic acids is 1. The van der Waals surface area contributed by atoms with E-state index in [0.29, 0.717) is 0 Å². The number of amides is 1. The largest absolute Gasteiger partial charge is 0.481 e. The Morgan fingerprint density at radius 3 is 2.24 bits per heavy atom. The summed E-state index contributed by atoms with van der Waals surface area (Å²) in [4.78, 5) is 35.7. The average Bonchev–Trinajstić information content (AvgIpc) is 2.31. The molecule has 0 aromatic heterocycles. The number of ether oxygens (including phenoxy) is 2. The maximum absolute atomic E-state index is 12.1. The van der Waals surface area contributed by atoms with Gasteiger partial charge in [-0.3, -0.25) is 9.69 Å². The van der Waals surface area contributed by atoms with Crippen molar-refractivity contribution in [2.75, 3.05) is 13.2 Å². The van der Waals surface area contributed by atoms with E-state index in [4.69, 9.17) is 14.6 Å². The van der Waals surface area contributed by atoms with Crippen molar-refractivity contribution >= 4 is 18.0 Å². The monoisotopic (exact) mass is 303 g/mol. The Kier molecular flexibility index (Phi) is 7.76. The molecule has 0 heterocycles. The van der Waals surface area contributed by atoms with E-state index < -0.39 is 29.7 Å². The van der Waals surface area contributed by atoms with Crippen molar-refractivity contribution in [3.05, 3.63) is 0 Å². The zero-order valence-corrected chi connectivity index (χ0v) is 13.3. The van der Waals surface area contributed by atoms with E-state index in [-0.39, 0.29) is 26.0 Å². The van der Waals surface area contributed by atoms with Gasteiger partial charge in [-0.2, -0.15) is 0 Å². The molecule has 7 nitrogen and oxygen atoms in total. The van der Waals surface area contributed by atoms with Crippen LogP contribution in [0.25, 0.3) is 0 Å². The summed E-state index contributed by atoms with van der Waals surface area (Å²) in [6, 6.07) is -0.825. The molecule has 0 aromatic carbocycles. The number of hydrogen-bond donors (Lipinski definition) is 1. The highest BCUT2D eigenvalue weighted by atomic mass is 16.6. The molecule has 0 bridgehead atoms. The van der Waals surface area contributed by atoms with Crippen LogP contribution >= 0.6 is 0 Å². The minimum absolute atomic E-state index is 0.0884. The molecular weight excluding hydrogens is 278 g/mol. The average molecular weight is 303 g/mol. The summed E-state index contributed by atoms with van der Waals surface area (Å²) in [6.45, 7) is 8.68. The van der Waals surface area contributed by atoms with Gasteiger partial charge >= 0.3 is 18.0 Å². The fourth-order valence-electron chi connectivity index (χ4n) is 1.55. The van der Waals surface area contributed by atoms with Crippen molar-refractivity contribution in [1.82, 2.24) is 4.90 Å². The van der Waals surface area contributed by atoms with E-state index in [1.807, 2.05) is 0 Å². The van der Waals surface area contributed by atoms with Crippen molar-refractivity contribution < 1.29 is 29.0 Å². The van der Waals surface area contributed by atoms with Crippen LogP contribution in [-0.2, 0) is 19.1 Å². The van der Waals surface area contributed by atoms with Gasteiger partial charge in [-0.05, 0) is 41.0 Å². The number of esters is 1. The molecule has 0 aliphatic rings. The molecule has 7 heteroatoms. The number of nitrogens with zero attached hydrogens (tertiary/aromatic N) is 1. The first-order chi connectivity index (χ1) is 9.58. The van der Waals surface area contributed by atoms with E-state index in [0.717, 1.165) is 0 Å². The lowest BCUT2D eigenvalue weighted by Crippen LogP contribution is -2.46. The Morgan fingerprint density at radius 2 is 1.81 bits per heavy atom. The van der Waals surface area contributed by atoms with E-state index >= 15 is 0 Å². The Hall–Kier alpha value is -1.79. The van der Waals surface area contributed by atoms with Crippen molar-refractivity contribution in [1.29, 1.82) is 0 Å². The van der Waals surface area contributed by atoms with Crippen LogP contribution < -0.4 is 0 Å². The fourth-order valence-corrected chi connectivity index (χ4v) is 1.55. The normalized spacial score (nSPS) is 12.4. The smallest absolute Gasteiger partial charge is 0.411 e. The van der Waals surface area contributed by atoms with Gasteiger partial charge in [-0.1, -0.05) is 0 Å². The summed E-state index contributed by atoms with van der Waals surface area (Å²) in [5, 5.41) is 8.66. The number of hydrogen-bond acceptors (Lipinski definition) is 5. The van der Waals surface area contributed by atoms with Crippen molar-refractivity contribution in [3.8, 4) is 0 Å². The molecule has 1 N–H and O–H groups in total. The molecule has 0 aliphatic heterocycles. The summed E-state index contributed by atoms with van der Waals surface area (Å²) in [6.07, 6.45) is -0.513. The molecule has 21 heavy (non-hydrogen) atoms. The summed E-state index contributed by atoms with van der Waals surface area (Å²) < 4.78 is 10.1. The lowest BCUT2D eigenvalue weighted by atomic mass is 10.2. The highest BCUT2D eigenvalue weighted by Gasteiger charge is 2.30. The van der Waals surface area contributed by atoms with Crippen LogP contribution in [0.5, 0.6) is 0 Å². The van der Waals surface area contributed by atoms with Crippen LogP contribution in [0.1, 0.15) is 47.5 Å². The molecule has 0 saturated carbocycles. The maximum Gasteiger partial charge on any atom is 0.411 e. The number of rotatable bonds is 7. The van der Waals surface area contributed by atoms with Crippen molar-refractivity contribution in [3.63, 3.8) is 0 Å². The molecule has 0 spiro atoms. The van der Waals surface area contributed by atoms with E-state index in [2.05, 4.69) is 0 Å². The second kappa shape index (κ2) is 8.49. The van der Waals surface area contributed by atoms with E-state index in [9.17, 15) is 14.4 Å². The van der Waals surface area contributed by atoms with Crippen molar-refractivity contribution in [2.24, 2.45) is 0 Å². The summed E-state index contributed by atoms with van der Waals surface area (Å²) in [7, 11) is 0. The predicted octanol–water partition coefficient (Wildman–Crippen LogP) is 2.04. The molecule has 0 aliphatic carbocycles. The second-order valence-corrected chi connectivity index (χ2v) is 5.60. The third-order valence-electron chi connectivity index (χ3n) is 2.51. The van der Waals surface area contributed by atoms with Gasteiger partial charge in [-0.25, -0.2) is 9.59 Å². The highest BCUT2D eigenvalue weighted by Crippen LogP contribution is 2.13. The highest BCUT2D eigenvalue weighted by molar-refractivity contribution is 5.81. The Balaban J connectivity index is 4.86. The van der Waals surface area contributed by atoms with Crippen LogP contribution in [0, 0.1) is 0 Å². The van der Waals surface area contributed by atoms with Crippen LogP contribution in [-0.4, -0.2) is 52.8 Å². The van der Waals surface area contributed by atoms with Gasteiger partial charge in [0.05, 0.1) is 6.61 Å². The SMILES string of the molecule is CCOC(=O)[C@H](C)N(CCCC(=O)O)C(=O)OC(C)(C)C. The van der Waals surface area contributed by atoms with Gasteiger partial charge in [0, 0.05) is 13.0 Å². The van der Waals surface area contributed by atoms with Crippen LogP contribution in [0.3, 0.4) is 0 Å². The second-order valence-electron chi connectivity index (χ2n) is 5.60. The molecule has 0 unspecified atom stereocenters. The molecule has 0 fully saturated rings. The molecule has 0 rings (SSSR count). The first kappa shape index (κ1) is 19.2. The first-order valence-corrected chi connectivity index (χ1v) is 6.96. The molecule has 0 aromatic rings. The van der Waals surface area contributed by atoms with Crippen LogP contribution in [0.2, 0.25) is 0 Å². The number of carbonyl (C=O) groups is 3. The molecular formula is C14H25NO6. The topological polar surface area (TPSA) is 93.1 Å². The Bertz CT molecular complexity index is 374. The number of carbonyl (C=O) groups excluding carboxylic acids is 2. The Labute approximate surface area is 125 Å². The van der Waals surface area contributed by atoms with Gasteiger partial charge in [0.25, 0.3) is 0 Å². The summed E-state index contributed by atoms with van der Waals surface area (Å²) in [5.41, 5.74) is -0.698. The van der Waals surface area contributed by atoms with Crippen LogP contribution in [0.4, 0.5) is 4.79 Å². The maximum atomic E-state index is 12.1. The van der Waals surface area contributed by atoms with Gasteiger partial charge in [0.2, 0.25) is 0 Å². The quantitative estimate of drug-likeness (QED) is 0.723. The molecule has 1 atom stereocenters. The summed E-state index contributed by atoms with van der Waals surface area (Å²) in [5.74, 6) is -1.50. The van der Waals surface area contributed by atoms with E-state index in [1.165, 1.54) is 11.8 Å². The fraction of sp³-hybridized carbons (Fsp3) is 0.786. The standard InChI is InChI=1S/C14H25NO6/c1-6-20-12(18)10(2)15(9-7-8-11(16)17)13(19)21-14(3,4)5/h10H,6-9H2,1-5H3,(H,16,17)/t10-/m0/s1. The van der Waals surface area contributed by atoms with E-state index in [1.54, 1.807) is 27.7 Å². The summed E-state index contributed by atoms with van der Waals surface area (Å²) >= 11 is 0. The minimum Gasteiger partial charge on any atom is -0.481 e. The van der Waals surface area contributed by atoms with Crippen molar-refractivity contribution in [2.45, 2.75) is 59.1 Å². The Morgan fingerprint density at radius 1 is 1.24 bits per heavy atom. The lowest BCUT2D eigenvalue weighted by Gasteiger charge is -2.30. The molecule has 0 radical (unpaired) electrons. The van der Waals surface area contributed by atoms with Gasteiger partial charge in [-0.15, -0.1) is 0 Å². The molecule has 122 valence electrons. The third-order valence-corrected chi connectivity index (χ3v) is 2.51.